The summed E-state index contributed by atoms with van der Waals surface area (Å²) in [6.45, 7) is 1.56. The fourth-order valence-electron chi connectivity index (χ4n) is 2.68. The van der Waals surface area contributed by atoms with E-state index in [1.165, 1.54) is 23.6 Å². The molecule has 10 nitrogen and oxygen atoms in total. The van der Waals surface area contributed by atoms with Gasteiger partial charge in [-0.3, -0.25) is 19.5 Å². The van der Waals surface area contributed by atoms with Crippen molar-refractivity contribution in [2.24, 2.45) is 0 Å². The van der Waals surface area contributed by atoms with Gasteiger partial charge in [0.25, 0.3) is 17.9 Å². The van der Waals surface area contributed by atoms with Gasteiger partial charge < -0.3 is 15.0 Å². The number of carbonyl (C=O) groups is 2. The molecule has 25 heavy (non-hydrogen) atoms. The summed E-state index contributed by atoms with van der Waals surface area (Å²) >= 11 is 0. The van der Waals surface area contributed by atoms with Gasteiger partial charge in [-0.05, 0) is 19.3 Å². The topological polar surface area (TPSA) is 122 Å². The van der Waals surface area contributed by atoms with Crippen molar-refractivity contribution < 1.29 is 14.3 Å². The molecule has 1 aliphatic heterocycles. The first-order valence-electron chi connectivity index (χ1n) is 7.92. The van der Waals surface area contributed by atoms with Gasteiger partial charge in [-0.2, -0.15) is 4.68 Å². The Morgan fingerprint density at radius 2 is 2.04 bits per heavy atom. The zero-order valence-corrected chi connectivity index (χ0v) is 13.5. The van der Waals surface area contributed by atoms with Crippen LogP contribution in [0.2, 0.25) is 0 Å². The fraction of sp³-hybridized carbons (Fsp3) is 0.400. The van der Waals surface area contributed by atoms with Crippen molar-refractivity contribution >= 4 is 23.9 Å². The molecule has 0 bridgehead atoms. The number of ether oxygens (including phenoxy) is 1. The van der Waals surface area contributed by atoms with E-state index in [0.29, 0.717) is 5.82 Å². The molecule has 0 atom stereocenters. The van der Waals surface area contributed by atoms with Crippen LogP contribution < -0.4 is 15.8 Å². The Labute approximate surface area is 142 Å². The second kappa shape index (κ2) is 7.60. The number of nitrogens with one attached hydrogen (secondary N) is 2. The first-order valence-corrected chi connectivity index (χ1v) is 7.92. The van der Waals surface area contributed by atoms with Crippen LogP contribution in [0.15, 0.2) is 23.4 Å². The zero-order valence-electron chi connectivity index (χ0n) is 13.5. The monoisotopic (exact) mass is 346 g/mol. The van der Waals surface area contributed by atoms with Gasteiger partial charge in [0.2, 0.25) is 0 Å². The fourth-order valence-corrected chi connectivity index (χ4v) is 2.68. The summed E-state index contributed by atoms with van der Waals surface area (Å²) in [5, 5.41) is 5.12. The molecule has 0 saturated carbocycles. The van der Waals surface area contributed by atoms with Gasteiger partial charge in [-0.25, -0.2) is 9.97 Å². The maximum Gasteiger partial charge on any atom is 0.296 e. The Hall–Kier alpha value is -3.17. The van der Waals surface area contributed by atoms with Crippen LogP contribution in [0.5, 0.6) is 0 Å². The smallest absolute Gasteiger partial charge is 0.296 e. The third-order valence-electron chi connectivity index (χ3n) is 3.88. The van der Waals surface area contributed by atoms with Gasteiger partial charge in [-0.15, -0.1) is 0 Å². The molecule has 1 aliphatic rings. The lowest BCUT2D eigenvalue weighted by molar-refractivity contribution is -0.135. The number of rotatable bonds is 6. The van der Waals surface area contributed by atoms with Crippen LogP contribution in [-0.2, 0) is 14.3 Å². The maximum absolute atomic E-state index is 12.4. The van der Waals surface area contributed by atoms with Crippen molar-refractivity contribution in [1.29, 1.82) is 0 Å². The van der Waals surface area contributed by atoms with E-state index in [9.17, 15) is 14.4 Å². The first-order chi connectivity index (χ1) is 12.2. The summed E-state index contributed by atoms with van der Waals surface area (Å²) in [7, 11) is 0. The molecule has 1 amide bonds. The number of carbonyl (C=O) groups excluding carboxylic acids is 2. The lowest BCUT2D eigenvalue weighted by Crippen LogP contribution is -2.30. The summed E-state index contributed by atoms with van der Waals surface area (Å²) in [4.78, 5) is 44.6. The second-order valence-electron chi connectivity index (χ2n) is 5.57. The molecule has 2 aromatic rings. The number of aromatic nitrogens is 4. The average Bonchev–Trinajstić information content (AvgIpc) is 3.01. The molecule has 132 valence electrons. The van der Waals surface area contributed by atoms with Crippen LogP contribution in [0, 0.1) is 0 Å². The molecule has 2 N–H and O–H groups in total. The van der Waals surface area contributed by atoms with E-state index in [-0.39, 0.29) is 12.2 Å². The van der Waals surface area contributed by atoms with Crippen molar-refractivity contribution in [2.45, 2.75) is 19.3 Å². The summed E-state index contributed by atoms with van der Waals surface area (Å²) in [5.74, 6) is 0.536. The second-order valence-corrected chi connectivity index (χ2v) is 5.57. The van der Waals surface area contributed by atoms with E-state index in [2.05, 4.69) is 30.0 Å². The summed E-state index contributed by atoms with van der Waals surface area (Å²) < 4.78 is 5.56. The van der Waals surface area contributed by atoms with E-state index in [0.717, 1.165) is 31.7 Å². The summed E-state index contributed by atoms with van der Waals surface area (Å²) in [6, 6.07) is 1.73. The van der Waals surface area contributed by atoms with Crippen molar-refractivity contribution in [3.05, 3.63) is 28.9 Å². The number of hydrogen-bond donors (Lipinski definition) is 2. The molecule has 0 aliphatic carbocycles. The number of amides is 1. The first kappa shape index (κ1) is 16.7. The van der Waals surface area contributed by atoms with Crippen molar-refractivity contribution in [3.8, 4) is 5.82 Å². The largest absolute Gasteiger partial charge is 0.458 e. The molecule has 2 aromatic heterocycles. The third kappa shape index (κ3) is 3.84. The zero-order chi connectivity index (χ0) is 17.6. The Balaban J connectivity index is 1.79. The minimum atomic E-state index is -0.605. The number of piperidine rings is 1. The van der Waals surface area contributed by atoms with Crippen LogP contribution >= 0.6 is 0 Å². The van der Waals surface area contributed by atoms with Crippen LogP contribution in [0.25, 0.3) is 5.82 Å². The summed E-state index contributed by atoms with van der Waals surface area (Å²) in [5.41, 5.74) is -0.430. The predicted molar refractivity (Wildman–Crippen MR) is 88.7 cm³/mol. The van der Waals surface area contributed by atoms with E-state index < -0.39 is 18.1 Å². The quantitative estimate of drug-likeness (QED) is 0.709. The van der Waals surface area contributed by atoms with Gasteiger partial charge >= 0.3 is 0 Å². The Kier molecular flexibility index (Phi) is 5.07. The van der Waals surface area contributed by atoms with Crippen molar-refractivity contribution in [1.82, 2.24) is 19.7 Å². The number of H-pyrrole nitrogens is 1. The molecule has 1 saturated heterocycles. The normalized spacial score (nSPS) is 14.2. The predicted octanol–water partition coefficient (Wildman–Crippen LogP) is 0.0574. The molecular weight excluding hydrogens is 328 g/mol. The van der Waals surface area contributed by atoms with Gasteiger partial charge in [0, 0.05) is 25.4 Å². The highest BCUT2D eigenvalue weighted by Crippen LogP contribution is 2.18. The molecule has 10 heteroatoms. The molecule has 1 fully saturated rings. The number of aromatic amines is 1. The third-order valence-corrected chi connectivity index (χ3v) is 3.88. The van der Waals surface area contributed by atoms with E-state index in [1.54, 1.807) is 6.07 Å². The highest BCUT2D eigenvalue weighted by Gasteiger charge is 2.16. The minimum Gasteiger partial charge on any atom is -0.458 e. The lowest BCUT2D eigenvalue weighted by atomic mass is 10.1. The van der Waals surface area contributed by atoms with Crippen LogP contribution in [0.1, 0.15) is 19.3 Å². The maximum atomic E-state index is 12.4. The van der Waals surface area contributed by atoms with Gasteiger partial charge in [-0.1, -0.05) is 0 Å². The Morgan fingerprint density at radius 3 is 2.80 bits per heavy atom. The van der Waals surface area contributed by atoms with Crippen LogP contribution in [0.3, 0.4) is 0 Å². The van der Waals surface area contributed by atoms with Crippen LogP contribution in [0.4, 0.5) is 11.5 Å². The van der Waals surface area contributed by atoms with Crippen molar-refractivity contribution in [3.63, 3.8) is 0 Å². The average molecular weight is 346 g/mol. The molecule has 3 rings (SSSR count). The molecule has 0 spiro atoms. The standard InChI is InChI=1S/C15H18N6O4/c22-10-25-8-14(23)19-11-7-18-21(15(11)24)13-6-12(16-9-17-13)20-4-2-1-3-5-20/h6-7,9-10,18H,1-5,8H2,(H,19,23). The van der Waals surface area contributed by atoms with Crippen molar-refractivity contribution in [2.75, 3.05) is 29.9 Å². The van der Waals surface area contributed by atoms with Gasteiger partial charge in [0.1, 0.15) is 17.8 Å². The SMILES string of the molecule is O=COCC(=O)Nc1c[nH]n(-c2cc(N3CCCCC3)ncn2)c1=O. The van der Waals surface area contributed by atoms with Gasteiger partial charge in [0.15, 0.2) is 12.4 Å². The van der Waals surface area contributed by atoms with E-state index in [1.807, 2.05) is 0 Å². The molecular formula is C15H18N6O4. The number of hydrogen-bond acceptors (Lipinski definition) is 7. The number of anilines is 2. The van der Waals surface area contributed by atoms with E-state index in [4.69, 9.17) is 0 Å². The van der Waals surface area contributed by atoms with Crippen LogP contribution in [-0.4, -0.2) is 51.8 Å². The highest BCUT2D eigenvalue weighted by molar-refractivity contribution is 5.91. The molecule has 0 radical (unpaired) electrons. The minimum absolute atomic E-state index is 0.0395. The highest BCUT2D eigenvalue weighted by atomic mass is 16.5. The van der Waals surface area contributed by atoms with E-state index >= 15 is 0 Å². The summed E-state index contributed by atoms with van der Waals surface area (Å²) in [6.07, 6.45) is 6.19. The number of nitrogens with zero attached hydrogens (tertiary/aromatic N) is 4. The lowest BCUT2D eigenvalue weighted by Gasteiger charge is -2.27. The molecule has 3 heterocycles. The molecule has 0 aromatic carbocycles. The van der Waals surface area contributed by atoms with Gasteiger partial charge in [0.05, 0.1) is 0 Å². The Morgan fingerprint density at radius 1 is 1.28 bits per heavy atom. The molecule has 0 unspecified atom stereocenters. The Bertz CT molecular complexity index is 808.